The van der Waals surface area contributed by atoms with Gasteiger partial charge in [-0.3, -0.25) is 0 Å². The molecule has 98 valence electrons. The van der Waals surface area contributed by atoms with E-state index in [4.69, 9.17) is 0 Å². The maximum absolute atomic E-state index is 11.1. The van der Waals surface area contributed by atoms with Crippen LogP contribution in [0.5, 0.6) is 0 Å². The van der Waals surface area contributed by atoms with E-state index in [1.807, 2.05) is 0 Å². The molecule has 1 saturated carbocycles. The summed E-state index contributed by atoms with van der Waals surface area (Å²) in [7, 11) is 0. The molecule has 0 aliphatic heterocycles. The van der Waals surface area contributed by atoms with Crippen molar-refractivity contribution in [2.45, 2.75) is 77.7 Å². The van der Waals surface area contributed by atoms with E-state index in [-0.39, 0.29) is 0 Å². The normalized spacial score (nSPS) is 38.4. The first-order valence-corrected chi connectivity index (χ1v) is 7.33. The van der Waals surface area contributed by atoms with Crippen LogP contribution in [-0.2, 0) is 0 Å². The van der Waals surface area contributed by atoms with Gasteiger partial charge in [-0.1, -0.05) is 33.3 Å². The summed E-state index contributed by atoms with van der Waals surface area (Å²) in [4.78, 5) is 0. The van der Waals surface area contributed by atoms with Gasteiger partial charge in [-0.15, -0.1) is 0 Å². The minimum absolute atomic E-state index is 0.291. The molecule has 1 fully saturated rings. The summed E-state index contributed by atoms with van der Waals surface area (Å²) in [5, 5.41) is 11.1. The fourth-order valence-corrected chi connectivity index (χ4v) is 4.21. The molecule has 0 aromatic carbocycles. The van der Waals surface area contributed by atoms with Crippen LogP contribution in [0.25, 0.3) is 0 Å². The van der Waals surface area contributed by atoms with Crippen LogP contribution in [-0.4, -0.2) is 10.7 Å². The molecule has 17 heavy (non-hydrogen) atoms. The molecule has 2 unspecified atom stereocenters. The van der Waals surface area contributed by atoms with Crippen molar-refractivity contribution in [1.82, 2.24) is 0 Å². The topological polar surface area (TPSA) is 20.2 Å². The molecular weight excluding hydrogens is 208 g/mol. The number of aliphatic hydroxyl groups is 1. The first kappa shape index (κ1) is 13.1. The lowest BCUT2D eigenvalue weighted by atomic mass is 9.63. The predicted molar refractivity (Wildman–Crippen MR) is 72.9 cm³/mol. The molecule has 0 amide bonds. The zero-order chi connectivity index (χ0) is 12.5. The van der Waals surface area contributed by atoms with Crippen molar-refractivity contribution >= 4 is 0 Å². The Labute approximate surface area is 106 Å². The Bertz CT molecular complexity index is 303. The van der Waals surface area contributed by atoms with Crippen LogP contribution >= 0.6 is 0 Å². The third kappa shape index (κ3) is 3.13. The zero-order valence-corrected chi connectivity index (χ0v) is 11.8. The predicted octanol–water partition coefficient (Wildman–Crippen LogP) is 4.45. The Balaban J connectivity index is 2.18. The van der Waals surface area contributed by atoms with Crippen LogP contribution in [0.2, 0.25) is 0 Å². The van der Waals surface area contributed by atoms with Gasteiger partial charge >= 0.3 is 0 Å². The van der Waals surface area contributed by atoms with Gasteiger partial charge in [-0.25, -0.2) is 0 Å². The van der Waals surface area contributed by atoms with Crippen LogP contribution in [0.3, 0.4) is 0 Å². The van der Waals surface area contributed by atoms with E-state index >= 15 is 0 Å². The molecule has 0 aromatic heterocycles. The van der Waals surface area contributed by atoms with Crippen LogP contribution in [0.15, 0.2) is 11.6 Å². The Morgan fingerprint density at radius 1 is 1.18 bits per heavy atom. The van der Waals surface area contributed by atoms with E-state index in [0.29, 0.717) is 11.3 Å². The van der Waals surface area contributed by atoms with Gasteiger partial charge < -0.3 is 5.11 Å². The molecular formula is C16H28O. The van der Waals surface area contributed by atoms with Crippen LogP contribution in [0.1, 0.15) is 72.1 Å². The second-order valence-electron chi connectivity index (χ2n) is 7.21. The second-order valence-corrected chi connectivity index (χ2v) is 7.21. The van der Waals surface area contributed by atoms with Crippen molar-refractivity contribution < 1.29 is 5.11 Å². The molecule has 1 N–H and O–H groups in total. The number of allylic oxidation sites excluding steroid dienone is 1. The highest BCUT2D eigenvalue weighted by atomic mass is 16.3. The van der Waals surface area contributed by atoms with Gasteiger partial charge in [0.05, 0.1) is 5.60 Å². The zero-order valence-electron chi connectivity index (χ0n) is 11.8. The molecule has 0 radical (unpaired) electrons. The average molecular weight is 236 g/mol. The summed E-state index contributed by atoms with van der Waals surface area (Å²) in [6.45, 7) is 6.92. The number of rotatable bonds is 1. The Hall–Kier alpha value is -0.300. The van der Waals surface area contributed by atoms with E-state index in [9.17, 15) is 5.11 Å². The minimum Gasteiger partial charge on any atom is -0.385 e. The fourth-order valence-electron chi connectivity index (χ4n) is 4.21. The van der Waals surface area contributed by atoms with Gasteiger partial charge in [-0.2, -0.15) is 0 Å². The highest BCUT2D eigenvalue weighted by molar-refractivity contribution is 5.20. The van der Waals surface area contributed by atoms with Gasteiger partial charge in [0.2, 0.25) is 0 Å². The minimum atomic E-state index is -0.495. The molecule has 2 aliphatic carbocycles. The lowest BCUT2D eigenvalue weighted by Crippen LogP contribution is -2.43. The molecule has 2 atom stereocenters. The summed E-state index contributed by atoms with van der Waals surface area (Å²) >= 11 is 0. The second kappa shape index (κ2) is 4.76. The Kier molecular flexibility index (Phi) is 3.68. The molecule has 2 aliphatic rings. The van der Waals surface area contributed by atoms with Crippen LogP contribution < -0.4 is 0 Å². The SMILES string of the molecule is CC1CC(C)(C)CC(O)(C2=CCCCCC2)C1. The van der Waals surface area contributed by atoms with E-state index in [1.165, 1.54) is 37.7 Å². The van der Waals surface area contributed by atoms with E-state index < -0.39 is 5.60 Å². The molecule has 0 spiro atoms. The van der Waals surface area contributed by atoms with Crippen LogP contribution in [0.4, 0.5) is 0 Å². The monoisotopic (exact) mass is 236 g/mol. The molecule has 0 bridgehead atoms. The smallest absolute Gasteiger partial charge is 0.0864 e. The van der Waals surface area contributed by atoms with Crippen molar-refractivity contribution in [2.75, 3.05) is 0 Å². The van der Waals surface area contributed by atoms with Crippen LogP contribution in [0, 0.1) is 11.3 Å². The third-order valence-corrected chi connectivity index (χ3v) is 4.50. The molecule has 0 heterocycles. The maximum atomic E-state index is 11.1. The van der Waals surface area contributed by atoms with Crippen molar-refractivity contribution in [1.29, 1.82) is 0 Å². The van der Waals surface area contributed by atoms with Crippen molar-refractivity contribution in [3.8, 4) is 0 Å². The van der Waals surface area contributed by atoms with Crippen molar-refractivity contribution in [2.24, 2.45) is 11.3 Å². The largest absolute Gasteiger partial charge is 0.385 e. The van der Waals surface area contributed by atoms with Gasteiger partial charge in [0.1, 0.15) is 0 Å². The van der Waals surface area contributed by atoms with E-state index in [2.05, 4.69) is 26.8 Å². The fraction of sp³-hybridized carbons (Fsp3) is 0.875. The third-order valence-electron chi connectivity index (χ3n) is 4.50. The summed E-state index contributed by atoms with van der Waals surface area (Å²) in [5.41, 5.74) is 1.15. The quantitative estimate of drug-likeness (QED) is 0.667. The summed E-state index contributed by atoms with van der Waals surface area (Å²) in [6, 6.07) is 0. The lowest BCUT2D eigenvalue weighted by Gasteiger charge is -2.46. The summed E-state index contributed by atoms with van der Waals surface area (Å²) < 4.78 is 0. The number of hydrogen-bond donors (Lipinski definition) is 1. The van der Waals surface area contributed by atoms with Crippen molar-refractivity contribution in [3.05, 3.63) is 11.6 Å². The highest BCUT2D eigenvalue weighted by Crippen LogP contribution is 2.48. The average Bonchev–Trinajstić information content (AvgIpc) is 2.41. The van der Waals surface area contributed by atoms with Crippen molar-refractivity contribution in [3.63, 3.8) is 0 Å². The molecule has 1 heteroatoms. The number of hydrogen-bond acceptors (Lipinski definition) is 1. The van der Waals surface area contributed by atoms with E-state index in [0.717, 1.165) is 19.3 Å². The lowest BCUT2D eigenvalue weighted by molar-refractivity contribution is -0.0321. The van der Waals surface area contributed by atoms with E-state index in [1.54, 1.807) is 0 Å². The van der Waals surface area contributed by atoms with Gasteiger partial charge in [-0.05, 0) is 61.9 Å². The maximum Gasteiger partial charge on any atom is 0.0864 e. The summed E-state index contributed by atoms with van der Waals surface area (Å²) in [5.74, 6) is 0.646. The Morgan fingerprint density at radius 3 is 2.65 bits per heavy atom. The molecule has 1 nitrogen and oxygen atoms in total. The molecule has 2 rings (SSSR count). The molecule has 0 saturated heterocycles. The summed E-state index contributed by atoms with van der Waals surface area (Å²) in [6.07, 6.45) is 11.7. The first-order valence-electron chi connectivity index (χ1n) is 7.33. The first-order chi connectivity index (χ1) is 7.91. The van der Waals surface area contributed by atoms with Gasteiger partial charge in [0.15, 0.2) is 0 Å². The molecule has 0 aromatic rings. The standard InChI is InChI=1S/C16H28O/c1-13-10-15(2,3)12-16(17,11-13)14-8-6-4-5-7-9-14/h8,13,17H,4-7,9-12H2,1-3H3. The van der Waals surface area contributed by atoms with Gasteiger partial charge in [0.25, 0.3) is 0 Å². The van der Waals surface area contributed by atoms with Gasteiger partial charge in [0, 0.05) is 0 Å². The highest BCUT2D eigenvalue weighted by Gasteiger charge is 2.43. The Morgan fingerprint density at radius 2 is 1.94 bits per heavy atom.